The molecule has 1 N–H and O–H groups in total. The molecule has 0 aliphatic heterocycles. The van der Waals surface area contributed by atoms with Crippen LogP contribution in [-0.4, -0.2) is 21.4 Å². The van der Waals surface area contributed by atoms with Crippen molar-refractivity contribution in [1.82, 2.24) is 4.57 Å². The maximum absolute atomic E-state index is 12.7. The number of aromatic carboxylic acids is 1. The third kappa shape index (κ3) is 3.67. The summed E-state index contributed by atoms with van der Waals surface area (Å²) in [5, 5.41) is 9.68. The minimum absolute atomic E-state index is 0.0212. The Kier molecular flexibility index (Phi) is 4.95. The largest absolute Gasteiger partial charge is 0.477 e. The fourth-order valence-corrected chi connectivity index (χ4v) is 3.30. The summed E-state index contributed by atoms with van der Waals surface area (Å²) in [6.07, 6.45) is 1.89. The zero-order valence-corrected chi connectivity index (χ0v) is 15.6. The summed E-state index contributed by atoms with van der Waals surface area (Å²) >= 11 is 0. The van der Waals surface area contributed by atoms with Gasteiger partial charge in [-0.05, 0) is 61.6 Å². The summed E-state index contributed by atoms with van der Waals surface area (Å²) in [6.45, 7) is 5.57. The van der Waals surface area contributed by atoms with Gasteiger partial charge in [0.05, 0.1) is 12.1 Å². The van der Waals surface area contributed by atoms with Gasteiger partial charge in [-0.15, -0.1) is 0 Å². The number of ketones is 1. The monoisotopic (exact) mass is 363 g/mol. The Morgan fingerprint density at radius 2 is 1.85 bits per heavy atom. The SMILES string of the molecule is CC(=O)Cn1cc(C(=O)O)c(=O)c2cc(Cc3cccc(C)c3C)ccc21. The predicted octanol–water partition coefficient (Wildman–Crippen LogP) is 3.50. The van der Waals surface area contributed by atoms with E-state index in [2.05, 4.69) is 19.9 Å². The van der Waals surface area contributed by atoms with Crippen LogP contribution in [0.25, 0.3) is 10.9 Å². The van der Waals surface area contributed by atoms with Crippen LogP contribution in [0.5, 0.6) is 0 Å². The molecule has 0 spiro atoms. The number of nitrogens with zero attached hydrogens (tertiary/aromatic N) is 1. The van der Waals surface area contributed by atoms with Crippen molar-refractivity contribution in [2.75, 3.05) is 0 Å². The topological polar surface area (TPSA) is 76.4 Å². The van der Waals surface area contributed by atoms with Crippen LogP contribution in [0.3, 0.4) is 0 Å². The van der Waals surface area contributed by atoms with E-state index in [9.17, 15) is 19.5 Å². The first kappa shape index (κ1) is 18.6. The number of aromatic nitrogens is 1. The molecule has 138 valence electrons. The molecule has 0 aliphatic rings. The number of carbonyl (C=O) groups excluding carboxylic acids is 1. The fraction of sp³-hybridized carbons (Fsp3) is 0.227. The van der Waals surface area contributed by atoms with Crippen molar-refractivity contribution >= 4 is 22.7 Å². The Morgan fingerprint density at radius 1 is 1.11 bits per heavy atom. The van der Waals surface area contributed by atoms with Crippen LogP contribution in [0, 0.1) is 13.8 Å². The van der Waals surface area contributed by atoms with E-state index >= 15 is 0 Å². The second-order valence-electron chi connectivity index (χ2n) is 6.89. The molecule has 27 heavy (non-hydrogen) atoms. The average molecular weight is 363 g/mol. The number of fused-ring (bicyclic) bond motifs is 1. The smallest absolute Gasteiger partial charge is 0.341 e. The highest BCUT2D eigenvalue weighted by Crippen LogP contribution is 2.20. The zero-order chi connectivity index (χ0) is 19.7. The molecule has 0 amide bonds. The summed E-state index contributed by atoms with van der Waals surface area (Å²) in [5.41, 5.74) is 4.19. The van der Waals surface area contributed by atoms with Gasteiger partial charge in [0.1, 0.15) is 11.3 Å². The Labute approximate surface area is 156 Å². The van der Waals surface area contributed by atoms with Gasteiger partial charge in [-0.25, -0.2) is 4.79 Å². The summed E-state index contributed by atoms with van der Waals surface area (Å²) in [7, 11) is 0. The normalized spacial score (nSPS) is 10.9. The van der Waals surface area contributed by atoms with Crippen molar-refractivity contribution in [2.45, 2.75) is 33.7 Å². The van der Waals surface area contributed by atoms with E-state index in [0.29, 0.717) is 17.3 Å². The number of aryl methyl sites for hydroxylation is 1. The Balaban J connectivity index is 2.17. The van der Waals surface area contributed by atoms with Crippen molar-refractivity contribution in [3.8, 4) is 0 Å². The average Bonchev–Trinajstić information content (AvgIpc) is 2.61. The standard InChI is InChI=1S/C22H21NO4/c1-13-5-4-6-17(15(13)3)9-16-7-8-20-18(10-16)21(25)19(22(26)27)12-23(20)11-14(2)24/h4-8,10,12H,9,11H2,1-3H3,(H,26,27). The number of carbonyl (C=O) groups is 2. The van der Waals surface area contributed by atoms with Gasteiger partial charge in [0.15, 0.2) is 0 Å². The molecule has 0 saturated carbocycles. The molecule has 0 bridgehead atoms. The van der Waals surface area contributed by atoms with Crippen LogP contribution in [0.2, 0.25) is 0 Å². The lowest BCUT2D eigenvalue weighted by Crippen LogP contribution is -2.20. The van der Waals surface area contributed by atoms with Crippen molar-refractivity contribution in [2.24, 2.45) is 0 Å². The quantitative estimate of drug-likeness (QED) is 0.753. The fourth-order valence-electron chi connectivity index (χ4n) is 3.30. The van der Waals surface area contributed by atoms with E-state index in [1.165, 1.54) is 28.8 Å². The third-order valence-electron chi connectivity index (χ3n) is 4.88. The Hall–Kier alpha value is -3.21. The lowest BCUT2D eigenvalue weighted by Gasteiger charge is -2.13. The molecule has 3 aromatic rings. The lowest BCUT2D eigenvalue weighted by atomic mass is 9.96. The van der Waals surface area contributed by atoms with Crippen molar-refractivity contribution in [3.05, 3.63) is 80.6 Å². The number of rotatable bonds is 5. The lowest BCUT2D eigenvalue weighted by molar-refractivity contribution is -0.117. The number of benzene rings is 2. The maximum Gasteiger partial charge on any atom is 0.341 e. The molecule has 2 aromatic carbocycles. The highest BCUT2D eigenvalue weighted by Gasteiger charge is 2.16. The first-order valence-electron chi connectivity index (χ1n) is 8.72. The summed E-state index contributed by atoms with van der Waals surface area (Å²) < 4.78 is 1.53. The Bertz CT molecular complexity index is 1130. The number of hydrogen-bond acceptors (Lipinski definition) is 3. The minimum Gasteiger partial charge on any atom is -0.477 e. The van der Waals surface area contributed by atoms with Crippen molar-refractivity contribution < 1.29 is 14.7 Å². The van der Waals surface area contributed by atoms with Crippen LogP contribution in [-0.2, 0) is 17.8 Å². The molecule has 0 aliphatic carbocycles. The molecule has 1 heterocycles. The molecular formula is C22H21NO4. The van der Waals surface area contributed by atoms with Crippen molar-refractivity contribution in [3.63, 3.8) is 0 Å². The molecule has 5 nitrogen and oxygen atoms in total. The van der Waals surface area contributed by atoms with E-state index < -0.39 is 11.4 Å². The van der Waals surface area contributed by atoms with Gasteiger partial charge < -0.3 is 9.67 Å². The van der Waals surface area contributed by atoms with E-state index in [0.717, 1.165) is 11.1 Å². The first-order valence-corrected chi connectivity index (χ1v) is 8.72. The molecule has 0 saturated heterocycles. The molecule has 5 heteroatoms. The predicted molar refractivity (Wildman–Crippen MR) is 105 cm³/mol. The van der Waals surface area contributed by atoms with Crippen LogP contribution >= 0.6 is 0 Å². The van der Waals surface area contributed by atoms with Gasteiger partial charge >= 0.3 is 5.97 Å². The number of carboxylic acid groups (broad SMARTS) is 1. The number of Topliss-reactive ketones (excluding diaryl/α,β-unsaturated/α-hetero) is 1. The van der Waals surface area contributed by atoms with Crippen LogP contribution in [0.1, 0.15) is 39.5 Å². The number of hydrogen-bond donors (Lipinski definition) is 1. The summed E-state index contributed by atoms with van der Waals surface area (Å²) in [5.74, 6) is -1.41. The van der Waals surface area contributed by atoms with Gasteiger partial charge in [0.25, 0.3) is 0 Å². The van der Waals surface area contributed by atoms with E-state index in [1.807, 2.05) is 18.2 Å². The molecule has 0 radical (unpaired) electrons. The van der Waals surface area contributed by atoms with Gasteiger partial charge in [0, 0.05) is 11.6 Å². The second kappa shape index (κ2) is 7.19. The number of pyridine rings is 1. The highest BCUT2D eigenvalue weighted by molar-refractivity contribution is 5.93. The second-order valence-corrected chi connectivity index (χ2v) is 6.89. The van der Waals surface area contributed by atoms with E-state index in [1.54, 1.807) is 12.1 Å². The molecule has 1 aromatic heterocycles. The van der Waals surface area contributed by atoms with E-state index in [4.69, 9.17) is 0 Å². The van der Waals surface area contributed by atoms with Crippen LogP contribution in [0.4, 0.5) is 0 Å². The van der Waals surface area contributed by atoms with Gasteiger partial charge in [-0.1, -0.05) is 24.3 Å². The molecule has 0 fully saturated rings. The van der Waals surface area contributed by atoms with Gasteiger partial charge in [0.2, 0.25) is 5.43 Å². The maximum atomic E-state index is 12.7. The first-order chi connectivity index (χ1) is 12.8. The van der Waals surface area contributed by atoms with Gasteiger partial charge in [-0.3, -0.25) is 9.59 Å². The van der Waals surface area contributed by atoms with Crippen molar-refractivity contribution in [1.29, 1.82) is 0 Å². The third-order valence-corrected chi connectivity index (χ3v) is 4.88. The zero-order valence-electron chi connectivity index (χ0n) is 15.6. The molecular weight excluding hydrogens is 342 g/mol. The minimum atomic E-state index is -1.29. The van der Waals surface area contributed by atoms with E-state index in [-0.39, 0.29) is 17.9 Å². The Morgan fingerprint density at radius 3 is 2.52 bits per heavy atom. The summed E-state index contributed by atoms with van der Waals surface area (Å²) in [4.78, 5) is 35.7. The number of carboxylic acids is 1. The highest BCUT2D eigenvalue weighted by atomic mass is 16.4. The molecule has 0 atom stereocenters. The molecule has 0 unspecified atom stereocenters. The van der Waals surface area contributed by atoms with Gasteiger partial charge in [-0.2, -0.15) is 0 Å². The molecule has 3 rings (SSSR count). The van der Waals surface area contributed by atoms with Crippen LogP contribution < -0.4 is 5.43 Å². The summed E-state index contributed by atoms with van der Waals surface area (Å²) in [6, 6.07) is 11.5. The van der Waals surface area contributed by atoms with Crippen LogP contribution in [0.15, 0.2) is 47.4 Å².